The largest absolute Gasteiger partial charge is 0.326 e. The number of halogens is 3. The van der Waals surface area contributed by atoms with E-state index in [4.69, 9.17) is 34.8 Å². The molecule has 0 spiro atoms. The van der Waals surface area contributed by atoms with Crippen LogP contribution >= 0.6 is 34.8 Å². The molecular weight excluding hydrogens is 463 g/mol. The van der Waals surface area contributed by atoms with Crippen molar-refractivity contribution in [2.75, 3.05) is 10.7 Å². The third kappa shape index (κ3) is 6.48. The number of hydrogen-bond acceptors (Lipinski definition) is 5. The zero-order valence-corrected chi connectivity index (χ0v) is 18.3. The number of carbonyl (C=O) groups excluding carboxylic acids is 2. The fourth-order valence-corrected chi connectivity index (χ4v) is 4.28. The molecule has 29 heavy (non-hydrogen) atoms. The van der Waals surface area contributed by atoms with E-state index in [2.05, 4.69) is 20.9 Å². The summed E-state index contributed by atoms with van der Waals surface area (Å²) < 4.78 is 27.1. The van der Waals surface area contributed by atoms with E-state index in [9.17, 15) is 18.0 Å². The molecule has 0 fully saturated rings. The molecule has 12 heteroatoms. The second-order valence-corrected chi connectivity index (χ2v) is 8.87. The monoisotopic (exact) mass is 478 g/mol. The summed E-state index contributed by atoms with van der Waals surface area (Å²) in [7, 11) is -3.98. The lowest BCUT2D eigenvalue weighted by atomic mass is 10.3. The Bertz CT molecular complexity index is 1010. The molecule has 8 nitrogen and oxygen atoms in total. The summed E-state index contributed by atoms with van der Waals surface area (Å²) in [4.78, 5) is 23.2. The fraction of sp³-hybridized carbons (Fsp3) is 0.176. The number of anilines is 2. The standard InChI is InChI=1S/C17H17Cl3N4O4S/c1-9(17(26)23-22-16-14(19)7-11(18)8-15(16)20)24-29(27,28)13-5-3-12(4-6-13)21-10(2)25/h3-9,22,24H,1-2H3,(H,21,25)(H,23,26)/t9-/m0/s1. The number of carbonyl (C=O) groups is 2. The van der Waals surface area contributed by atoms with Gasteiger partial charge in [-0.3, -0.25) is 20.4 Å². The van der Waals surface area contributed by atoms with Crippen molar-refractivity contribution in [3.8, 4) is 0 Å². The Hall–Kier alpha value is -2.04. The van der Waals surface area contributed by atoms with Gasteiger partial charge in [0.25, 0.3) is 5.91 Å². The van der Waals surface area contributed by atoms with Crippen molar-refractivity contribution in [2.45, 2.75) is 24.8 Å². The molecule has 2 aromatic carbocycles. The fourth-order valence-electron chi connectivity index (χ4n) is 2.17. The number of benzene rings is 2. The molecule has 0 aliphatic heterocycles. The quantitative estimate of drug-likeness (QED) is 0.454. The number of hydrogen-bond donors (Lipinski definition) is 4. The van der Waals surface area contributed by atoms with Crippen LogP contribution in [0.3, 0.4) is 0 Å². The van der Waals surface area contributed by atoms with Crippen LogP contribution in [0.2, 0.25) is 15.1 Å². The van der Waals surface area contributed by atoms with Crippen LogP contribution in [-0.2, 0) is 19.6 Å². The third-order valence-electron chi connectivity index (χ3n) is 3.53. The first-order valence-electron chi connectivity index (χ1n) is 8.10. The van der Waals surface area contributed by atoms with Crippen LogP contribution in [0.1, 0.15) is 13.8 Å². The molecule has 1 atom stereocenters. The predicted octanol–water partition coefficient (Wildman–Crippen LogP) is 3.42. The summed E-state index contributed by atoms with van der Waals surface area (Å²) in [5, 5.41) is 3.21. The van der Waals surface area contributed by atoms with E-state index in [1.807, 2.05) is 0 Å². The average molecular weight is 480 g/mol. The lowest BCUT2D eigenvalue weighted by Crippen LogP contribution is -2.46. The Kier molecular flexibility index (Phi) is 7.73. The average Bonchev–Trinajstić information content (AvgIpc) is 2.60. The van der Waals surface area contributed by atoms with E-state index in [0.29, 0.717) is 10.7 Å². The van der Waals surface area contributed by atoms with Gasteiger partial charge < -0.3 is 5.32 Å². The van der Waals surface area contributed by atoms with Gasteiger partial charge in [-0.25, -0.2) is 8.42 Å². The lowest BCUT2D eigenvalue weighted by Gasteiger charge is -2.17. The minimum Gasteiger partial charge on any atom is -0.326 e. The highest BCUT2D eigenvalue weighted by Crippen LogP contribution is 2.33. The Balaban J connectivity index is 2.02. The highest BCUT2D eigenvalue weighted by atomic mass is 35.5. The van der Waals surface area contributed by atoms with Gasteiger partial charge >= 0.3 is 0 Å². The summed E-state index contributed by atoms with van der Waals surface area (Å²) in [6.07, 6.45) is 0. The van der Waals surface area contributed by atoms with E-state index >= 15 is 0 Å². The summed E-state index contributed by atoms with van der Waals surface area (Å²) in [5.41, 5.74) is 5.54. The summed E-state index contributed by atoms with van der Waals surface area (Å²) >= 11 is 17.8. The van der Waals surface area contributed by atoms with Crippen molar-refractivity contribution >= 4 is 68.0 Å². The second kappa shape index (κ2) is 9.64. The van der Waals surface area contributed by atoms with Crippen LogP contribution in [0.15, 0.2) is 41.3 Å². The molecule has 0 unspecified atom stereocenters. The van der Waals surface area contributed by atoms with Gasteiger partial charge in [-0.2, -0.15) is 4.72 Å². The van der Waals surface area contributed by atoms with Crippen molar-refractivity contribution in [2.24, 2.45) is 0 Å². The second-order valence-electron chi connectivity index (χ2n) is 5.91. The molecule has 0 aromatic heterocycles. The van der Waals surface area contributed by atoms with Gasteiger partial charge in [-0.1, -0.05) is 34.8 Å². The molecule has 2 aromatic rings. The number of sulfonamides is 1. The Morgan fingerprint density at radius 1 is 1.00 bits per heavy atom. The van der Waals surface area contributed by atoms with Crippen molar-refractivity contribution in [1.29, 1.82) is 0 Å². The van der Waals surface area contributed by atoms with Gasteiger partial charge in [0.05, 0.1) is 26.7 Å². The molecule has 0 radical (unpaired) electrons. The van der Waals surface area contributed by atoms with Crippen LogP contribution in [0, 0.1) is 0 Å². The smallest absolute Gasteiger partial charge is 0.256 e. The van der Waals surface area contributed by atoms with E-state index in [1.54, 1.807) is 0 Å². The van der Waals surface area contributed by atoms with Crippen LogP contribution in [0.5, 0.6) is 0 Å². The number of rotatable bonds is 7. The molecule has 0 aliphatic carbocycles. The molecule has 0 saturated carbocycles. The summed E-state index contributed by atoms with van der Waals surface area (Å²) in [5.74, 6) is -0.956. The van der Waals surface area contributed by atoms with Gasteiger partial charge in [-0.05, 0) is 43.3 Å². The first-order chi connectivity index (χ1) is 13.5. The lowest BCUT2D eigenvalue weighted by molar-refractivity contribution is -0.121. The van der Waals surface area contributed by atoms with E-state index in [0.717, 1.165) is 0 Å². The molecule has 4 N–H and O–H groups in total. The molecular formula is C17H17Cl3N4O4S. The van der Waals surface area contributed by atoms with Gasteiger partial charge in [0, 0.05) is 17.6 Å². The molecule has 0 aliphatic rings. The number of amides is 2. The third-order valence-corrected chi connectivity index (χ3v) is 5.90. The highest BCUT2D eigenvalue weighted by molar-refractivity contribution is 7.89. The summed E-state index contributed by atoms with van der Waals surface area (Å²) in [6.45, 7) is 2.70. The van der Waals surface area contributed by atoms with E-state index in [1.165, 1.54) is 50.2 Å². The van der Waals surface area contributed by atoms with Crippen molar-refractivity contribution in [1.82, 2.24) is 10.1 Å². The Morgan fingerprint density at radius 3 is 2.07 bits per heavy atom. The number of nitrogens with one attached hydrogen (secondary N) is 4. The maximum Gasteiger partial charge on any atom is 0.256 e. The maximum absolute atomic E-state index is 12.4. The first kappa shape index (κ1) is 23.2. The summed E-state index contributed by atoms with van der Waals surface area (Å²) in [6, 6.07) is 7.24. The molecule has 0 heterocycles. The molecule has 2 amide bonds. The van der Waals surface area contributed by atoms with E-state index in [-0.39, 0.29) is 26.5 Å². The minimum atomic E-state index is -3.98. The van der Waals surface area contributed by atoms with Crippen LogP contribution in [0.25, 0.3) is 0 Å². The molecule has 2 rings (SSSR count). The van der Waals surface area contributed by atoms with Gasteiger partial charge in [0.15, 0.2) is 0 Å². The number of hydrazine groups is 1. The Labute approximate surface area is 182 Å². The van der Waals surface area contributed by atoms with Crippen molar-refractivity contribution < 1.29 is 18.0 Å². The van der Waals surface area contributed by atoms with Crippen LogP contribution in [-0.4, -0.2) is 26.3 Å². The van der Waals surface area contributed by atoms with Gasteiger partial charge in [0.2, 0.25) is 15.9 Å². The minimum absolute atomic E-state index is 0.0667. The SMILES string of the molecule is CC(=O)Nc1ccc(S(=O)(=O)N[C@@H](C)C(=O)NNc2c(Cl)cc(Cl)cc2Cl)cc1. The van der Waals surface area contributed by atoms with Crippen molar-refractivity contribution in [3.05, 3.63) is 51.5 Å². The topological polar surface area (TPSA) is 116 Å². The van der Waals surface area contributed by atoms with Crippen LogP contribution in [0.4, 0.5) is 11.4 Å². The predicted molar refractivity (Wildman–Crippen MR) is 114 cm³/mol. The van der Waals surface area contributed by atoms with Crippen molar-refractivity contribution in [3.63, 3.8) is 0 Å². The van der Waals surface area contributed by atoms with Crippen LogP contribution < -0.4 is 20.9 Å². The molecule has 0 saturated heterocycles. The zero-order chi connectivity index (χ0) is 21.8. The zero-order valence-electron chi connectivity index (χ0n) is 15.2. The van der Waals surface area contributed by atoms with Gasteiger partial charge in [-0.15, -0.1) is 0 Å². The highest BCUT2D eigenvalue weighted by Gasteiger charge is 2.22. The van der Waals surface area contributed by atoms with E-state index < -0.39 is 22.0 Å². The molecule has 156 valence electrons. The van der Waals surface area contributed by atoms with Gasteiger partial charge in [0.1, 0.15) is 0 Å². The maximum atomic E-state index is 12.4. The molecule has 0 bridgehead atoms. The normalized spacial score (nSPS) is 12.2. The Morgan fingerprint density at radius 2 is 1.55 bits per heavy atom. The first-order valence-corrected chi connectivity index (χ1v) is 10.7.